The Labute approximate surface area is 170 Å². The van der Waals surface area contributed by atoms with Crippen molar-refractivity contribution in [1.82, 2.24) is 19.6 Å². The number of ether oxygens (including phenoxy) is 2. The highest BCUT2D eigenvalue weighted by molar-refractivity contribution is 7.18. The lowest BCUT2D eigenvalue weighted by Crippen LogP contribution is -2.16. The second-order valence-electron chi connectivity index (χ2n) is 5.85. The van der Waals surface area contributed by atoms with Gasteiger partial charge >= 0.3 is 11.9 Å². The van der Waals surface area contributed by atoms with E-state index in [2.05, 4.69) is 15.5 Å². The first-order chi connectivity index (χ1) is 13.9. The Kier molecular flexibility index (Phi) is 6.07. The summed E-state index contributed by atoms with van der Waals surface area (Å²) >= 11 is 0.955. The monoisotopic (exact) mass is 417 g/mol. The summed E-state index contributed by atoms with van der Waals surface area (Å²) in [6.45, 7) is 3.83. The van der Waals surface area contributed by atoms with Crippen LogP contribution in [0.15, 0.2) is 30.7 Å². The third-order valence-corrected chi connectivity index (χ3v) is 5.13. The highest BCUT2D eigenvalue weighted by Gasteiger charge is 2.27. The summed E-state index contributed by atoms with van der Waals surface area (Å²) in [5.41, 5.74) is 0.654. The highest BCUT2D eigenvalue weighted by atomic mass is 32.1. The molecule has 0 radical (unpaired) electrons. The molecule has 0 spiro atoms. The van der Waals surface area contributed by atoms with Crippen molar-refractivity contribution in [2.45, 2.75) is 20.5 Å². The van der Waals surface area contributed by atoms with E-state index in [4.69, 9.17) is 9.47 Å². The molecule has 0 saturated carbocycles. The maximum Gasteiger partial charge on any atom is 0.348 e. The van der Waals surface area contributed by atoms with Gasteiger partial charge in [0.25, 0.3) is 5.91 Å². The zero-order valence-corrected chi connectivity index (χ0v) is 16.9. The molecule has 0 bridgehead atoms. The van der Waals surface area contributed by atoms with Crippen LogP contribution in [0.5, 0.6) is 0 Å². The van der Waals surface area contributed by atoms with Crippen LogP contribution < -0.4 is 5.32 Å². The molecule has 3 rings (SSSR count). The van der Waals surface area contributed by atoms with Crippen molar-refractivity contribution >= 4 is 34.2 Å². The summed E-state index contributed by atoms with van der Waals surface area (Å²) in [5.74, 6) is -1.75. The van der Waals surface area contributed by atoms with Crippen molar-refractivity contribution in [3.63, 3.8) is 0 Å². The Bertz CT molecular complexity index is 1040. The molecule has 0 fully saturated rings. The molecule has 0 saturated heterocycles. The van der Waals surface area contributed by atoms with Crippen molar-refractivity contribution < 1.29 is 23.9 Å². The number of nitrogens with zero attached hydrogens (tertiary/aromatic N) is 4. The largest absolute Gasteiger partial charge is 0.465 e. The van der Waals surface area contributed by atoms with Gasteiger partial charge in [-0.05, 0) is 31.5 Å². The van der Waals surface area contributed by atoms with E-state index >= 15 is 0 Å². The fourth-order valence-electron chi connectivity index (χ4n) is 2.60. The smallest absolute Gasteiger partial charge is 0.348 e. The zero-order chi connectivity index (χ0) is 21.0. The fourth-order valence-corrected chi connectivity index (χ4v) is 3.69. The van der Waals surface area contributed by atoms with Gasteiger partial charge in [-0.15, -0.1) is 11.3 Å². The molecule has 1 amide bonds. The van der Waals surface area contributed by atoms with Crippen LogP contribution in [0.4, 0.5) is 5.00 Å². The number of aromatic nitrogens is 4. The lowest BCUT2D eigenvalue weighted by atomic mass is 10.1. The minimum absolute atomic E-state index is 0.116. The van der Waals surface area contributed by atoms with Crippen LogP contribution in [-0.4, -0.2) is 51.1 Å². The minimum atomic E-state index is -0.659. The van der Waals surface area contributed by atoms with Gasteiger partial charge in [0.2, 0.25) is 0 Å². The van der Waals surface area contributed by atoms with Crippen molar-refractivity contribution in [1.29, 1.82) is 0 Å². The fraction of sp³-hybridized carbons (Fsp3) is 0.278. The summed E-state index contributed by atoms with van der Waals surface area (Å²) in [6.07, 6.45) is 5.06. The van der Waals surface area contributed by atoms with E-state index in [1.54, 1.807) is 53.9 Å². The maximum atomic E-state index is 12.6. The van der Waals surface area contributed by atoms with Crippen LogP contribution in [0, 0.1) is 6.92 Å². The maximum absolute atomic E-state index is 12.6. The Hall–Kier alpha value is -3.47. The zero-order valence-electron chi connectivity index (χ0n) is 16.0. The van der Waals surface area contributed by atoms with Crippen molar-refractivity contribution in [3.8, 4) is 0 Å². The third-order valence-electron chi connectivity index (χ3n) is 3.95. The molecular formula is C18H19N5O5S. The third kappa shape index (κ3) is 4.35. The number of hydrogen-bond acceptors (Lipinski definition) is 8. The van der Waals surface area contributed by atoms with Gasteiger partial charge in [0.05, 0.1) is 19.3 Å². The number of amides is 1. The molecule has 29 heavy (non-hydrogen) atoms. The SMILES string of the molecule is CCOC(=O)c1sc(NC(=O)c2ccn(Cn3cccn3)n2)c(C(=O)OC)c1C. The lowest BCUT2D eigenvalue weighted by Gasteiger charge is -2.05. The minimum Gasteiger partial charge on any atom is -0.465 e. The first-order valence-electron chi connectivity index (χ1n) is 8.65. The summed E-state index contributed by atoms with van der Waals surface area (Å²) in [6, 6.07) is 3.33. The van der Waals surface area contributed by atoms with Crippen molar-refractivity contribution in [2.75, 3.05) is 19.0 Å². The molecule has 3 heterocycles. The number of nitrogens with one attached hydrogen (secondary N) is 1. The van der Waals surface area contributed by atoms with Crippen LogP contribution in [0.3, 0.4) is 0 Å². The molecule has 1 N–H and O–H groups in total. The molecule has 10 nitrogen and oxygen atoms in total. The molecule has 3 aromatic rings. The number of carbonyl (C=O) groups is 3. The Morgan fingerprint density at radius 3 is 2.66 bits per heavy atom. The molecule has 0 aliphatic rings. The van der Waals surface area contributed by atoms with Crippen LogP contribution in [-0.2, 0) is 16.1 Å². The average Bonchev–Trinajstić information content (AvgIpc) is 3.43. The highest BCUT2D eigenvalue weighted by Crippen LogP contribution is 2.34. The summed E-state index contributed by atoms with van der Waals surface area (Å²) in [7, 11) is 1.23. The molecule has 0 aliphatic carbocycles. The first kappa shape index (κ1) is 20.3. The summed E-state index contributed by atoms with van der Waals surface area (Å²) in [5, 5.41) is 11.1. The van der Waals surface area contributed by atoms with E-state index in [0.29, 0.717) is 12.2 Å². The number of methoxy groups -OCH3 is 1. The van der Waals surface area contributed by atoms with E-state index in [1.807, 2.05) is 0 Å². The second kappa shape index (κ2) is 8.69. The number of thiophene rings is 1. The van der Waals surface area contributed by atoms with E-state index in [9.17, 15) is 14.4 Å². The van der Waals surface area contributed by atoms with Gasteiger partial charge in [-0.1, -0.05) is 0 Å². The molecule has 11 heteroatoms. The molecule has 0 unspecified atom stereocenters. The number of esters is 2. The molecule has 0 aromatic carbocycles. The molecule has 0 atom stereocenters. The first-order valence-corrected chi connectivity index (χ1v) is 9.47. The molecule has 152 valence electrons. The van der Waals surface area contributed by atoms with Gasteiger partial charge in [-0.2, -0.15) is 10.2 Å². The van der Waals surface area contributed by atoms with Crippen LogP contribution in [0.25, 0.3) is 0 Å². The van der Waals surface area contributed by atoms with Gasteiger partial charge in [0, 0.05) is 18.6 Å². The standard InChI is InChI=1S/C18H19N5O5S/c1-4-28-18(26)14-11(2)13(17(25)27-3)16(29-14)20-15(24)12-6-9-23(21-12)10-22-8-5-7-19-22/h5-9H,4,10H2,1-3H3,(H,20,24). The molecule has 0 aliphatic heterocycles. The number of carbonyl (C=O) groups excluding carboxylic acids is 3. The van der Waals surface area contributed by atoms with Crippen LogP contribution >= 0.6 is 11.3 Å². The van der Waals surface area contributed by atoms with E-state index in [0.717, 1.165) is 11.3 Å². The van der Waals surface area contributed by atoms with Gasteiger partial charge in [-0.3, -0.25) is 14.2 Å². The number of rotatable bonds is 7. The number of hydrogen-bond donors (Lipinski definition) is 1. The van der Waals surface area contributed by atoms with E-state index in [-0.39, 0.29) is 27.7 Å². The Morgan fingerprint density at radius 2 is 2.00 bits per heavy atom. The van der Waals surface area contributed by atoms with Crippen molar-refractivity contribution in [3.05, 3.63) is 52.4 Å². The van der Waals surface area contributed by atoms with E-state index in [1.165, 1.54) is 7.11 Å². The van der Waals surface area contributed by atoms with Gasteiger partial charge in [0.15, 0.2) is 5.69 Å². The predicted octanol–water partition coefficient (Wildman–Crippen LogP) is 2.17. The van der Waals surface area contributed by atoms with Gasteiger partial charge < -0.3 is 14.8 Å². The van der Waals surface area contributed by atoms with Crippen LogP contribution in [0.2, 0.25) is 0 Å². The lowest BCUT2D eigenvalue weighted by molar-refractivity contribution is 0.0531. The Balaban J connectivity index is 1.84. The Morgan fingerprint density at radius 1 is 1.21 bits per heavy atom. The molecule has 3 aromatic heterocycles. The number of anilines is 1. The normalized spacial score (nSPS) is 10.6. The predicted molar refractivity (Wildman–Crippen MR) is 104 cm³/mol. The summed E-state index contributed by atoms with van der Waals surface area (Å²) in [4.78, 5) is 37.2. The van der Waals surface area contributed by atoms with Gasteiger partial charge in [-0.25, -0.2) is 9.59 Å². The average molecular weight is 417 g/mol. The van der Waals surface area contributed by atoms with Crippen molar-refractivity contribution in [2.24, 2.45) is 0 Å². The topological polar surface area (TPSA) is 117 Å². The summed E-state index contributed by atoms with van der Waals surface area (Å²) < 4.78 is 13.0. The van der Waals surface area contributed by atoms with Gasteiger partial charge in [0.1, 0.15) is 16.5 Å². The van der Waals surface area contributed by atoms with E-state index < -0.39 is 17.8 Å². The second-order valence-corrected chi connectivity index (χ2v) is 6.87. The molecular weight excluding hydrogens is 398 g/mol. The quantitative estimate of drug-likeness (QED) is 0.586. The van der Waals surface area contributed by atoms with Crippen LogP contribution in [0.1, 0.15) is 43.0 Å².